The second-order valence-electron chi connectivity index (χ2n) is 3.52. The lowest BCUT2D eigenvalue weighted by atomic mass is 10.3. The van der Waals surface area contributed by atoms with E-state index in [2.05, 4.69) is 15.3 Å². The molecular formula is C12H11Cl2N3O2. The minimum Gasteiger partial charge on any atom is -0.495 e. The van der Waals surface area contributed by atoms with Gasteiger partial charge in [-0.1, -0.05) is 23.2 Å². The van der Waals surface area contributed by atoms with Crippen LogP contribution in [0.5, 0.6) is 11.5 Å². The molecule has 1 N–H and O–H groups in total. The third-order valence-corrected chi connectivity index (χ3v) is 2.88. The number of nitrogens with zero attached hydrogens (tertiary/aromatic N) is 2. The van der Waals surface area contributed by atoms with Crippen LogP contribution in [-0.2, 0) is 0 Å². The van der Waals surface area contributed by atoms with Gasteiger partial charge in [0.25, 0.3) is 0 Å². The molecule has 0 aliphatic rings. The number of halogens is 2. The first-order chi connectivity index (χ1) is 9.15. The summed E-state index contributed by atoms with van der Waals surface area (Å²) in [5.74, 6) is 1.41. The molecule has 2 rings (SSSR count). The second kappa shape index (κ2) is 5.95. The number of hydrogen-bond acceptors (Lipinski definition) is 5. The molecule has 19 heavy (non-hydrogen) atoms. The van der Waals surface area contributed by atoms with Gasteiger partial charge in [-0.3, -0.25) is 0 Å². The molecule has 0 aliphatic heterocycles. The van der Waals surface area contributed by atoms with Gasteiger partial charge in [0, 0.05) is 5.02 Å². The van der Waals surface area contributed by atoms with Crippen LogP contribution in [0.1, 0.15) is 0 Å². The number of rotatable bonds is 4. The maximum Gasteiger partial charge on any atom is 0.199 e. The van der Waals surface area contributed by atoms with Gasteiger partial charge in [0.1, 0.15) is 12.1 Å². The van der Waals surface area contributed by atoms with Crippen molar-refractivity contribution in [1.29, 1.82) is 0 Å². The molecule has 1 aromatic carbocycles. The normalized spacial score (nSPS) is 10.1. The van der Waals surface area contributed by atoms with Crippen LogP contribution in [0.25, 0.3) is 0 Å². The quantitative estimate of drug-likeness (QED) is 0.875. The monoisotopic (exact) mass is 299 g/mol. The number of nitrogens with one attached hydrogen (secondary N) is 1. The number of methoxy groups -OCH3 is 2. The van der Waals surface area contributed by atoms with E-state index >= 15 is 0 Å². The van der Waals surface area contributed by atoms with Crippen LogP contribution in [0, 0.1) is 0 Å². The minimum absolute atomic E-state index is 0.223. The number of benzene rings is 1. The van der Waals surface area contributed by atoms with E-state index in [1.807, 2.05) is 0 Å². The largest absolute Gasteiger partial charge is 0.495 e. The highest BCUT2D eigenvalue weighted by atomic mass is 35.5. The summed E-state index contributed by atoms with van der Waals surface area (Å²) < 4.78 is 10.4. The molecule has 0 atom stereocenters. The highest BCUT2D eigenvalue weighted by Crippen LogP contribution is 2.35. The highest BCUT2D eigenvalue weighted by Gasteiger charge is 2.12. The average molecular weight is 300 g/mol. The molecule has 1 aromatic heterocycles. The van der Waals surface area contributed by atoms with Crippen molar-refractivity contribution in [2.45, 2.75) is 0 Å². The zero-order valence-corrected chi connectivity index (χ0v) is 11.8. The first-order valence-corrected chi connectivity index (χ1v) is 6.06. The Hall–Kier alpha value is -1.72. The molecule has 0 amide bonds. The van der Waals surface area contributed by atoms with Gasteiger partial charge in [0.15, 0.2) is 16.7 Å². The number of hydrogen-bond donors (Lipinski definition) is 1. The first kappa shape index (κ1) is 13.7. The Bertz CT molecular complexity index is 593. The van der Waals surface area contributed by atoms with Crippen molar-refractivity contribution >= 4 is 34.7 Å². The SMILES string of the molecule is COc1ccc(Cl)cc1Nc1ncnc(Cl)c1OC. The number of anilines is 2. The molecule has 0 unspecified atom stereocenters. The predicted molar refractivity (Wildman–Crippen MR) is 74.9 cm³/mol. The summed E-state index contributed by atoms with van der Waals surface area (Å²) in [4.78, 5) is 7.92. The van der Waals surface area contributed by atoms with Gasteiger partial charge < -0.3 is 14.8 Å². The molecule has 100 valence electrons. The van der Waals surface area contributed by atoms with Crippen LogP contribution < -0.4 is 14.8 Å². The Morgan fingerprint density at radius 2 is 1.89 bits per heavy atom. The van der Waals surface area contributed by atoms with Crippen molar-refractivity contribution in [3.05, 3.63) is 34.7 Å². The average Bonchev–Trinajstić information content (AvgIpc) is 2.39. The van der Waals surface area contributed by atoms with Crippen molar-refractivity contribution < 1.29 is 9.47 Å². The standard InChI is InChI=1S/C12H11Cl2N3O2/c1-18-9-4-3-7(13)5-8(9)17-12-10(19-2)11(14)15-6-16-12/h3-6H,1-2H3,(H,15,16,17). The molecule has 0 spiro atoms. The van der Waals surface area contributed by atoms with E-state index in [9.17, 15) is 0 Å². The molecule has 0 bridgehead atoms. The highest BCUT2D eigenvalue weighted by molar-refractivity contribution is 6.31. The van der Waals surface area contributed by atoms with Crippen molar-refractivity contribution in [3.63, 3.8) is 0 Å². The van der Waals surface area contributed by atoms with Crippen LogP contribution in [0.3, 0.4) is 0 Å². The molecule has 0 fully saturated rings. The smallest absolute Gasteiger partial charge is 0.199 e. The van der Waals surface area contributed by atoms with Gasteiger partial charge in [-0.15, -0.1) is 0 Å². The molecule has 2 aromatic rings. The van der Waals surface area contributed by atoms with Crippen molar-refractivity contribution in [2.24, 2.45) is 0 Å². The zero-order valence-electron chi connectivity index (χ0n) is 10.3. The Kier molecular flexibility index (Phi) is 4.29. The number of aromatic nitrogens is 2. The fourth-order valence-electron chi connectivity index (χ4n) is 1.53. The van der Waals surface area contributed by atoms with Crippen LogP contribution in [0.2, 0.25) is 10.2 Å². The Morgan fingerprint density at radius 3 is 2.58 bits per heavy atom. The van der Waals surface area contributed by atoms with Crippen LogP contribution >= 0.6 is 23.2 Å². The van der Waals surface area contributed by atoms with E-state index in [1.54, 1.807) is 25.3 Å². The van der Waals surface area contributed by atoms with Gasteiger partial charge in [-0.25, -0.2) is 9.97 Å². The van der Waals surface area contributed by atoms with Gasteiger partial charge >= 0.3 is 0 Å². The predicted octanol–water partition coefficient (Wildman–Crippen LogP) is 3.54. The molecular weight excluding hydrogens is 289 g/mol. The molecule has 0 aliphatic carbocycles. The van der Waals surface area contributed by atoms with Gasteiger partial charge in [0.2, 0.25) is 0 Å². The Balaban J connectivity index is 2.41. The first-order valence-electron chi connectivity index (χ1n) is 5.30. The molecule has 5 nitrogen and oxygen atoms in total. The molecule has 7 heteroatoms. The number of ether oxygens (including phenoxy) is 2. The zero-order chi connectivity index (χ0) is 13.8. The summed E-state index contributed by atoms with van der Waals surface area (Å²) in [6, 6.07) is 5.20. The van der Waals surface area contributed by atoms with Crippen molar-refractivity contribution in [3.8, 4) is 11.5 Å². The summed E-state index contributed by atoms with van der Waals surface area (Å²) in [6.45, 7) is 0. The fourth-order valence-corrected chi connectivity index (χ4v) is 1.91. The van der Waals surface area contributed by atoms with E-state index in [0.29, 0.717) is 28.0 Å². The van der Waals surface area contributed by atoms with E-state index < -0.39 is 0 Å². The van der Waals surface area contributed by atoms with Gasteiger partial charge in [-0.2, -0.15) is 0 Å². The molecule has 0 saturated heterocycles. The second-order valence-corrected chi connectivity index (χ2v) is 4.31. The van der Waals surface area contributed by atoms with Gasteiger partial charge in [0.05, 0.1) is 19.9 Å². The van der Waals surface area contributed by atoms with Crippen LogP contribution in [0.4, 0.5) is 11.5 Å². The fraction of sp³-hybridized carbons (Fsp3) is 0.167. The summed E-state index contributed by atoms with van der Waals surface area (Å²) in [5, 5.41) is 3.85. The third kappa shape index (κ3) is 3.00. The molecule has 0 radical (unpaired) electrons. The lowest BCUT2D eigenvalue weighted by Gasteiger charge is -2.13. The summed E-state index contributed by atoms with van der Waals surface area (Å²) in [5.41, 5.74) is 0.656. The Labute approximate surface area is 120 Å². The summed E-state index contributed by atoms with van der Waals surface area (Å²) in [6.07, 6.45) is 1.34. The van der Waals surface area contributed by atoms with E-state index in [0.717, 1.165) is 0 Å². The maximum absolute atomic E-state index is 5.96. The Morgan fingerprint density at radius 1 is 1.11 bits per heavy atom. The molecule has 0 saturated carbocycles. The van der Waals surface area contributed by atoms with Crippen LogP contribution in [0.15, 0.2) is 24.5 Å². The lowest BCUT2D eigenvalue weighted by molar-refractivity contribution is 0.412. The van der Waals surface area contributed by atoms with Gasteiger partial charge in [-0.05, 0) is 18.2 Å². The lowest BCUT2D eigenvalue weighted by Crippen LogP contribution is -2.00. The molecule has 1 heterocycles. The topological polar surface area (TPSA) is 56.3 Å². The third-order valence-electron chi connectivity index (χ3n) is 2.38. The minimum atomic E-state index is 0.223. The van der Waals surface area contributed by atoms with E-state index in [1.165, 1.54) is 13.4 Å². The van der Waals surface area contributed by atoms with Crippen molar-refractivity contribution in [1.82, 2.24) is 9.97 Å². The maximum atomic E-state index is 5.96. The van der Waals surface area contributed by atoms with E-state index in [4.69, 9.17) is 32.7 Å². The van der Waals surface area contributed by atoms with E-state index in [-0.39, 0.29) is 5.15 Å². The summed E-state index contributed by atoms with van der Waals surface area (Å²) >= 11 is 11.9. The summed E-state index contributed by atoms with van der Waals surface area (Å²) in [7, 11) is 3.06. The van der Waals surface area contributed by atoms with Crippen molar-refractivity contribution in [2.75, 3.05) is 19.5 Å². The van der Waals surface area contributed by atoms with Crippen LogP contribution in [-0.4, -0.2) is 24.2 Å².